The molecule has 0 saturated carbocycles. The van der Waals surface area contributed by atoms with Gasteiger partial charge in [0.1, 0.15) is 9.84 Å². The van der Waals surface area contributed by atoms with Crippen LogP contribution < -0.4 is 5.73 Å². The molecule has 26 heavy (non-hydrogen) atoms. The molecule has 3 aromatic rings. The predicted octanol–water partition coefficient (Wildman–Crippen LogP) is 3.60. The molecule has 0 aliphatic carbocycles. The van der Waals surface area contributed by atoms with Crippen LogP contribution in [0.5, 0.6) is 0 Å². The van der Waals surface area contributed by atoms with Gasteiger partial charge in [0, 0.05) is 16.5 Å². The molecule has 5 nitrogen and oxygen atoms in total. The normalized spacial score (nSPS) is 17.6. The number of carbonyl (C=O) groups is 1. The summed E-state index contributed by atoms with van der Waals surface area (Å²) >= 11 is 1.63. The van der Waals surface area contributed by atoms with E-state index in [1.54, 1.807) is 11.3 Å². The number of benzene rings is 1. The molecule has 1 aliphatic rings. The highest BCUT2D eigenvalue weighted by Gasteiger charge is 2.27. The summed E-state index contributed by atoms with van der Waals surface area (Å²) < 4.78 is 23.5. The molecule has 1 amide bonds. The van der Waals surface area contributed by atoms with Crippen molar-refractivity contribution in [3.63, 3.8) is 0 Å². The molecule has 0 bridgehead atoms. The summed E-state index contributed by atoms with van der Waals surface area (Å²) in [6.07, 6.45) is 3.14. The van der Waals surface area contributed by atoms with Gasteiger partial charge in [-0.15, -0.1) is 11.3 Å². The fraction of sp³-hybridized carbons (Fsp3) is 0.316. The van der Waals surface area contributed by atoms with Gasteiger partial charge >= 0.3 is 0 Å². The minimum Gasteiger partial charge on any atom is -0.366 e. The third kappa shape index (κ3) is 2.95. The number of H-pyrrole nitrogens is 1. The van der Waals surface area contributed by atoms with Crippen LogP contribution in [0.3, 0.4) is 0 Å². The van der Waals surface area contributed by atoms with Crippen LogP contribution in [0.1, 0.15) is 40.2 Å². The van der Waals surface area contributed by atoms with Crippen LogP contribution in [0.15, 0.2) is 29.8 Å². The Labute approximate surface area is 156 Å². The summed E-state index contributed by atoms with van der Waals surface area (Å²) in [5.41, 5.74) is 10.0. The molecule has 1 fully saturated rings. The van der Waals surface area contributed by atoms with Gasteiger partial charge < -0.3 is 10.7 Å². The number of nitrogens with two attached hydrogens (primary N) is 1. The Morgan fingerprint density at radius 3 is 2.62 bits per heavy atom. The number of rotatable bonds is 3. The fourth-order valence-corrected chi connectivity index (χ4v) is 6.19. The first-order valence-electron chi connectivity index (χ1n) is 8.55. The van der Waals surface area contributed by atoms with Crippen molar-refractivity contribution < 1.29 is 13.2 Å². The van der Waals surface area contributed by atoms with E-state index in [9.17, 15) is 13.2 Å². The molecule has 2 aromatic heterocycles. The molecule has 1 saturated heterocycles. The molecule has 3 heterocycles. The highest BCUT2D eigenvalue weighted by atomic mass is 32.2. The van der Waals surface area contributed by atoms with Crippen molar-refractivity contribution in [2.24, 2.45) is 5.73 Å². The minimum atomic E-state index is -2.91. The predicted molar refractivity (Wildman–Crippen MR) is 105 cm³/mol. The van der Waals surface area contributed by atoms with Gasteiger partial charge in [-0.2, -0.15) is 0 Å². The van der Waals surface area contributed by atoms with E-state index in [0.29, 0.717) is 18.4 Å². The van der Waals surface area contributed by atoms with Crippen molar-refractivity contribution in [2.45, 2.75) is 25.7 Å². The van der Waals surface area contributed by atoms with Crippen molar-refractivity contribution >= 4 is 38.0 Å². The van der Waals surface area contributed by atoms with Gasteiger partial charge in [0.25, 0.3) is 5.91 Å². The first-order valence-corrected chi connectivity index (χ1v) is 11.3. The number of fused-ring (bicyclic) bond motifs is 1. The highest BCUT2D eigenvalue weighted by Crippen LogP contribution is 2.38. The summed E-state index contributed by atoms with van der Waals surface area (Å²) in [5.74, 6) is 0.145. The zero-order chi connectivity index (χ0) is 18.5. The zero-order valence-corrected chi connectivity index (χ0v) is 16.0. The smallest absolute Gasteiger partial charge is 0.250 e. The molecule has 3 N–H and O–H groups in total. The maximum atomic E-state index is 12.0. The fourth-order valence-electron chi connectivity index (χ4n) is 3.79. The molecule has 0 radical (unpaired) electrons. The number of hydrogen-bond donors (Lipinski definition) is 2. The van der Waals surface area contributed by atoms with E-state index in [1.165, 1.54) is 0 Å². The summed E-state index contributed by atoms with van der Waals surface area (Å²) in [6.45, 7) is 2.05. The largest absolute Gasteiger partial charge is 0.366 e. The average molecular weight is 389 g/mol. The lowest BCUT2D eigenvalue weighted by molar-refractivity contribution is 0.100. The Bertz CT molecular complexity index is 1100. The van der Waals surface area contributed by atoms with Crippen LogP contribution in [0.2, 0.25) is 0 Å². The van der Waals surface area contributed by atoms with E-state index in [4.69, 9.17) is 5.73 Å². The van der Waals surface area contributed by atoms with E-state index < -0.39 is 15.7 Å². The third-order valence-electron chi connectivity index (χ3n) is 5.21. The Morgan fingerprint density at radius 2 is 2.00 bits per heavy atom. The van der Waals surface area contributed by atoms with E-state index in [2.05, 4.69) is 17.1 Å². The summed E-state index contributed by atoms with van der Waals surface area (Å²) in [6, 6.07) is 5.99. The number of aromatic nitrogens is 1. The number of amides is 1. The van der Waals surface area contributed by atoms with Crippen LogP contribution in [0, 0.1) is 6.92 Å². The first kappa shape index (κ1) is 17.3. The Hall–Kier alpha value is -2.12. The van der Waals surface area contributed by atoms with Gasteiger partial charge in [-0.25, -0.2) is 8.42 Å². The Balaban J connectivity index is 1.87. The van der Waals surface area contributed by atoms with Gasteiger partial charge in [-0.3, -0.25) is 4.79 Å². The second-order valence-corrected chi connectivity index (χ2v) is 10.1. The van der Waals surface area contributed by atoms with E-state index >= 15 is 0 Å². The van der Waals surface area contributed by atoms with Crippen LogP contribution in [0.4, 0.5) is 0 Å². The van der Waals surface area contributed by atoms with Crippen LogP contribution in [-0.4, -0.2) is 30.8 Å². The number of primary amides is 1. The van der Waals surface area contributed by atoms with Crippen LogP contribution >= 0.6 is 11.3 Å². The van der Waals surface area contributed by atoms with Crippen molar-refractivity contribution in [2.75, 3.05) is 11.5 Å². The highest BCUT2D eigenvalue weighted by molar-refractivity contribution is 7.91. The van der Waals surface area contributed by atoms with E-state index in [0.717, 1.165) is 32.5 Å². The van der Waals surface area contributed by atoms with Crippen LogP contribution in [0.25, 0.3) is 21.3 Å². The molecule has 136 valence electrons. The molecule has 0 spiro atoms. The van der Waals surface area contributed by atoms with Crippen molar-refractivity contribution in [1.82, 2.24) is 4.98 Å². The molecule has 0 unspecified atom stereocenters. The summed E-state index contributed by atoms with van der Waals surface area (Å²) in [5, 5.41) is 3.00. The van der Waals surface area contributed by atoms with Crippen molar-refractivity contribution in [3.05, 3.63) is 46.5 Å². The van der Waals surface area contributed by atoms with Crippen molar-refractivity contribution in [3.8, 4) is 10.4 Å². The van der Waals surface area contributed by atoms with E-state index in [1.807, 2.05) is 24.6 Å². The molecular weight excluding hydrogens is 368 g/mol. The molecule has 1 aliphatic heterocycles. The molecule has 0 atom stereocenters. The lowest BCUT2D eigenvalue weighted by Crippen LogP contribution is -2.22. The van der Waals surface area contributed by atoms with Gasteiger partial charge in [0.15, 0.2) is 0 Å². The van der Waals surface area contributed by atoms with Gasteiger partial charge in [-0.05, 0) is 66.0 Å². The Morgan fingerprint density at radius 1 is 1.27 bits per heavy atom. The second kappa shape index (κ2) is 6.25. The number of nitrogens with one attached hydrogen (secondary N) is 1. The zero-order valence-electron chi connectivity index (χ0n) is 14.4. The lowest BCUT2D eigenvalue weighted by atomic mass is 9.91. The van der Waals surface area contributed by atoms with Gasteiger partial charge in [0.05, 0.1) is 22.6 Å². The third-order valence-corrected chi connectivity index (χ3v) is 7.99. The number of sulfone groups is 1. The number of hydrogen-bond acceptors (Lipinski definition) is 4. The monoisotopic (exact) mass is 388 g/mol. The SMILES string of the molecule is Cc1ccsc1-c1cc(C(N)=O)c2[nH]cc(C3CCS(=O)(=O)CC3)c2c1. The topological polar surface area (TPSA) is 93.0 Å². The maximum absolute atomic E-state index is 12.0. The average Bonchev–Trinajstić information content (AvgIpc) is 3.20. The number of aryl methyl sites for hydroxylation is 1. The van der Waals surface area contributed by atoms with Crippen LogP contribution in [-0.2, 0) is 9.84 Å². The standard InChI is InChI=1S/C19H20N2O3S2/c1-11-2-5-25-18(11)13-8-14-16(12-3-6-26(23,24)7-4-12)10-21-17(14)15(9-13)19(20)22/h2,5,8-10,12,21H,3-4,6-7H2,1H3,(H2,20,22). The molecular formula is C19H20N2O3S2. The Kier molecular flexibility index (Phi) is 4.16. The molecule has 4 rings (SSSR count). The number of thiophene rings is 1. The van der Waals surface area contributed by atoms with E-state index in [-0.39, 0.29) is 17.4 Å². The molecule has 7 heteroatoms. The lowest BCUT2D eigenvalue weighted by Gasteiger charge is -2.21. The second-order valence-electron chi connectivity index (χ2n) is 6.91. The summed E-state index contributed by atoms with van der Waals surface area (Å²) in [7, 11) is -2.91. The van der Waals surface area contributed by atoms with Gasteiger partial charge in [-0.1, -0.05) is 0 Å². The quantitative estimate of drug-likeness (QED) is 0.718. The molecule has 1 aromatic carbocycles. The first-order chi connectivity index (χ1) is 12.4. The number of carbonyl (C=O) groups excluding carboxylic acids is 1. The number of aromatic amines is 1. The maximum Gasteiger partial charge on any atom is 0.250 e. The van der Waals surface area contributed by atoms with Gasteiger partial charge in [0.2, 0.25) is 0 Å². The summed E-state index contributed by atoms with van der Waals surface area (Å²) in [4.78, 5) is 16.3. The van der Waals surface area contributed by atoms with Crippen molar-refractivity contribution in [1.29, 1.82) is 0 Å². The minimum absolute atomic E-state index is 0.174.